The zero-order valence-corrected chi connectivity index (χ0v) is 13.4. The highest BCUT2D eigenvalue weighted by Gasteiger charge is 2.14. The number of nitrogens with one attached hydrogen (secondary N) is 1. The fourth-order valence-corrected chi connectivity index (χ4v) is 2.04. The number of hydrogen-bond donors (Lipinski definition) is 2. The Morgan fingerprint density at radius 2 is 2.05 bits per heavy atom. The van der Waals surface area contributed by atoms with Gasteiger partial charge in [-0.2, -0.15) is 0 Å². The molecule has 1 aromatic carbocycles. The molecule has 0 spiro atoms. The molecule has 1 atom stereocenters. The Morgan fingerprint density at radius 3 is 2.73 bits per heavy atom. The van der Waals surface area contributed by atoms with Gasteiger partial charge < -0.3 is 15.2 Å². The van der Waals surface area contributed by atoms with E-state index in [2.05, 4.69) is 23.3 Å². The third-order valence-electron chi connectivity index (χ3n) is 3.31. The van der Waals surface area contributed by atoms with Gasteiger partial charge in [0.2, 0.25) is 0 Å². The van der Waals surface area contributed by atoms with Crippen molar-refractivity contribution >= 4 is 0 Å². The van der Waals surface area contributed by atoms with Crippen molar-refractivity contribution in [3.05, 3.63) is 59.9 Å². The monoisotopic (exact) mass is 300 g/mol. The summed E-state index contributed by atoms with van der Waals surface area (Å²) >= 11 is 0. The number of benzene rings is 1. The van der Waals surface area contributed by atoms with Gasteiger partial charge in [-0.05, 0) is 50.6 Å². The van der Waals surface area contributed by atoms with Crippen molar-refractivity contribution in [2.24, 2.45) is 0 Å². The number of aromatic nitrogens is 1. The summed E-state index contributed by atoms with van der Waals surface area (Å²) in [6.07, 6.45) is 1.76. The topological polar surface area (TPSA) is 54.4 Å². The molecule has 0 amide bonds. The van der Waals surface area contributed by atoms with E-state index in [0.29, 0.717) is 13.2 Å². The Balaban J connectivity index is 1.94. The highest BCUT2D eigenvalue weighted by Crippen LogP contribution is 2.20. The molecule has 0 bridgehead atoms. The Labute approximate surface area is 132 Å². The third kappa shape index (κ3) is 5.47. The molecule has 1 unspecified atom stereocenters. The van der Waals surface area contributed by atoms with Crippen LogP contribution in [0.1, 0.15) is 38.1 Å². The first kappa shape index (κ1) is 16.5. The summed E-state index contributed by atoms with van der Waals surface area (Å²) in [5.74, 6) is 0.820. The highest BCUT2D eigenvalue weighted by atomic mass is 16.5. The molecule has 0 fully saturated rings. The Bertz CT molecular complexity index is 579. The average Bonchev–Trinajstić information content (AvgIpc) is 2.51. The van der Waals surface area contributed by atoms with E-state index in [1.54, 1.807) is 20.0 Å². The van der Waals surface area contributed by atoms with Gasteiger partial charge in [0.1, 0.15) is 12.4 Å². The van der Waals surface area contributed by atoms with E-state index in [4.69, 9.17) is 4.74 Å². The van der Waals surface area contributed by atoms with Crippen LogP contribution in [0.5, 0.6) is 5.75 Å². The molecule has 4 heteroatoms. The molecule has 0 saturated carbocycles. The lowest BCUT2D eigenvalue weighted by Crippen LogP contribution is -2.36. The van der Waals surface area contributed by atoms with E-state index in [-0.39, 0.29) is 6.04 Å². The molecule has 0 radical (unpaired) electrons. The fourth-order valence-electron chi connectivity index (χ4n) is 2.04. The number of aliphatic hydroxyl groups is 1. The number of rotatable bonds is 7. The molecule has 0 aliphatic heterocycles. The molecule has 4 nitrogen and oxygen atoms in total. The van der Waals surface area contributed by atoms with Crippen molar-refractivity contribution in [2.75, 3.05) is 6.54 Å². The van der Waals surface area contributed by atoms with Crippen LogP contribution in [0.3, 0.4) is 0 Å². The minimum Gasteiger partial charge on any atom is -0.487 e. The summed E-state index contributed by atoms with van der Waals surface area (Å²) in [5.41, 5.74) is 1.31. The van der Waals surface area contributed by atoms with Gasteiger partial charge in [0.25, 0.3) is 0 Å². The van der Waals surface area contributed by atoms with Crippen molar-refractivity contribution in [2.45, 2.75) is 39.0 Å². The van der Waals surface area contributed by atoms with Crippen molar-refractivity contribution in [3.63, 3.8) is 0 Å². The zero-order valence-electron chi connectivity index (χ0n) is 13.4. The molecule has 1 aromatic heterocycles. The summed E-state index contributed by atoms with van der Waals surface area (Å²) in [4.78, 5) is 4.24. The number of hydrogen-bond acceptors (Lipinski definition) is 4. The lowest BCUT2D eigenvalue weighted by Gasteiger charge is -2.22. The second kappa shape index (κ2) is 7.38. The average molecular weight is 300 g/mol. The first-order chi connectivity index (χ1) is 10.4. The fraction of sp³-hybridized carbons (Fsp3) is 0.389. The molecule has 0 saturated heterocycles. The van der Waals surface area contributed by atoms with Crippen LogP contribution in [0.25, 0.3) is 0 Å². The number of ether oxygens (including phenoxy) is 1. The van der Waals surface area contributed by atoms with Gasteiger partial charge in [-0.15, -0.1) is 0 Å². The van der Waals surface area contributed by atoms with Crippen LogP contribution >= 0.6 is 0 Å². The smallest absolute Gasteiger partial charge is 0.130 e. The van der Waals surface area contributed by atoms with Gasteiger partial charge in [-0.3, -0.25) is 4.98 Å². The van der Waals surface area contributed by atoms with Gasteiger partial charge in [0.15, 0.2) is 0 Å². The minimum absolute atomic E-state index is 0.143. The van der Waals surface area contributed by atoms with Crippen molar-refractivity contribution in [3.8, 4) is 5.75 Å². The Hall–Kier alpha value is -1.91. The zero-order chi connectivity index (χ0) is 16.0. The van der Waals surface area contributed by atoms with Crippen LogP contribution in [0.2, 0.25) is 0 Å². The highest BCUT2D eigenvalue weighted by molar-refractivity contribution is 5.30. The van der Waals surface area contributed by atoms with Crippen LogP contribution in [0, 0.1) is 0 Å². The Kier molecular flexibility index (Phi) is 5.52. The second-order valence-corrected chi connectivity index (χ2v) is 6.10. The number of pyridine rings is 1. The van der Waals surface area contributed by atoms with Crippen molar-refractivity contribution < 1.29 is 9.84 Å². The molecule has 22 heavy (non-hydrogen) atoms. The van der Waals surface area contributed by atoms with Crippen LogP contribution in [0.15, 0.2) is 48.7 Å². The van der Waals surface area contributed by atoms with Crippen LogP contribution < -0.4 is 10.1 Å². The number of nitrogens with zero attached hydrogens (tertiary/aromatic N) is 1. The van der Waals surface area contributed by atoms with E-state index in [1.807, 2.05) is 36.4 Å². The predicted molar refractivity (Wildman–Crippen MR) is 87.7 cm³/mol. The molecule has 118 valence electrons. The largest absolute Gasteiger partial charge is 0.487 e. The molecular formula is C18H24N2O2. The lowest BCUT2D eigenvalue weighted by atomic mass is 10.1. The normalized spacial score (nSPS) is 12.9. The van der Waals surface area contributed by atoms with Gasteiger partial charge in [0.05, 0.1) is 11.3 Å². The summed E-state index contributed by atoms with van der Waals surface area (Å²) in [5, 5.41) is 13.1. The van der Waals surface area contributed by atoms with Crippen LogP contribution in [-0.4, -0.2) is 22.2 Å². The van der Waals surface area contributed by atoms with E-state index in [1.165, 1.54) is 0 Å². The summed E-state index contributed by atoms with van der Waals surface area (Å²) in [7, 11) is 0. The Morgan fingerprint density at radius 1 is 1.23 bits per heavy atom. The maximum Gasteiger partial charge on any atom is 0.130 e. The summed E-state index contributed by atoms with van der Waals surface area (Å²) in [6, 6.07) is 13.9. The van der Waals surface area contributed by atoms with E-state index in [9.17, 15) is 5.11 Å². The van der Waals surface area contributed by atoms with Crippen molar-refractivity contribution in [1.82, 2.24) is 10.3 Å². The first-order valence-corrected chi connectivity index (χ1v) is 7.52. The molecule has 2 N–H and O–H groups in total. The van der Waals surface area contributed by atoms with Crippen LogP contribution in [-0.2, 0) is 6.61 Å². The van der Waals surface area contributed by atoms with E-state index < -0.39 is 5.60 Å². The predicted octanol–water partition coefficient (Wildman–Crippen LogP) is 3.08. The molecule has 1 heterocycles. The quantitative estimate of drug-likeness (QED) is 0.825. The first-order valence-electron chi connectivity index (χ1n) is 7.52. The summed E-state index contributed by atoms with van der Waals surface area (Å²) in [6.45, 7) is 6.64. The van der Waals surface area contributed by atoms with Crippen LogP contribution in [0.4, 0.5) is 0 Å². The molecule has 0 aliphatic rings. The molecule has 2 aromatic rings. The SMILES string of the molecule is CC(NCC(C)(C)O)c1cccc(OCc2ccccn2)c1. The van der Waals surface area contributed by atoms with Gasteiger partial charge >= 0.3 is 0 Å². The third-order valence-corrected chi connectivity index (χ3v) is 3.31. The molecule has 0 aliphatic carbocycles. The van der Waals surface area contributed by atoms with Gasteiger partial charge in [-0.1, -0.05) is 18.2 Å². The lowest BCUT2D eigenvalue weighted by molar-refractivity contribution is 0.0770. The maximum atomic E-state index is 9.78. The van der Waals surface area contributed by atoms with E-state index in [0.717, 1.165) is 17.0 Å². The molecule has 2 rings (SSSR count). The second-order valence-electron chi connectivity index (χ2n) is 6.10. The summed E-state index contributed by atoms with van der Waals surface area (Å²) < 4.78 is 5.79. The van der Waals surface area contributed by atoms with Crippen molar-refractivity contribution in [1.29, 1.82) is 0 Å². The molecular weight excluding hydrogens is 276 g/mol. The van der Waals surface area contributed by atoms with E-state index >= 15 is 0 Å². The standard InChI is InChI=1S/C18H24N2O2/c1-14(20-13-18(2,3)21)15-7-6-9-17(11-15)22-12-16-8-4-5-10-19-16/h4-11,14,20-21H,12-13H2,1-3H3. The van der Waals surface area contributed by atoms with Gasteiger partial charge in [-0.25, -0.2) is 0 Å². The minimum atomic E-state index is -0.721. The van der Waals surface area contributed by atoms with Gasteiger partial charge in [0, 0.05) is 18.8 Å². The maximum absolute atomic E-state index is 9.78.